The summed E-state index contributed by atoms with van der Waals surface area (Å²) in [4.78, 5) is 10.5. The quantitative estimate of drug-likeness (QED) is 0.887. The van der Waals surface area contributed by atoms with E-state index in [1.165, 1.54) is 12.1 Å². The smallest absolute Gasteiger partial charge is 0.396 e. The van der Waals surface area contributed by atoms with E-state index in [4.69, 9.17) is 5.11 Å². The number of carboxylic acids is 1. The minimum absolute atomic E-state index is 0.00278. The molecule has 1 N–H and O–H groups in total. The van der Waals surface area contributed by atoms with E-state index in [2.05, 4.69) is 0 Å². The van der Waals surface area contributed by atoms with Crippen molar-refractivity contribution in [2.45, 2.75) is 32.4 Å². The summed E-state index contributed by atoms with van der Waals surface area (Å²) in [5.41, 5.74) is 1.61. The molecule has 0 radical (unpaired) electrons. The van der Waals surface area contributed by atoms with Crippen molar-refractivity contribution in [1.82, 2.24) is 0 Å². The molecule has 0 fully saturated rings. The van der Waals surface area contributed by atoms with E-state index < -0.39 is 24.5 Å². The number of halogens is 3. The van der Waals surface area contributed by atoms with Crippen molar-refractivity contribution in [3.05, 3.63) is 34.9 Å². The van der Waals surface area contributed by atoms with Gasteiger partial charge in [-0.05, 0) is 30.5 Å². The van der Waals surface area contributed by atoms with Crippen molar-refractivity contribution in [3.8, 4) is 0 Å². The number of rotatable bonds is 3. The summed E-state index contributed by atoms with van der Waals surface area (Å²) < 4.78 is 38.2. The first kappa shape index (κ1) is 13.5. The Kier molecular flexibility index (Phi) is 3.80. The van der Waals surface area contributed by atoms with Crippen LogP contribution in [0.1, 0.15) is 29.0 Å². The van der Waals surface area contributed by atoms with E-state index >= 15 is 0 Å². The van der Waals surface area contributed by atoms with Gasteiger partial charge in [0.05, 0.1) is 12.3 Å². The number of aryl methyl sites for hydroxylation is 2. The van der Waals surface area contributed by atoms with Crippen LogP contribution in [0.25, 0.3) is 0 Å². The van der Waals surface area contributed by atoms with Gasteiger partial charge in [0.25, 0.3) is 0 Å². The number of carboxylic acid groups (broad SMARTS) is 1. The number of hydrogen-bond donors (Lipinski definition) is 1. The van der Waals surface area contributed by atoms with Crippen LogP contribution in [0.3, 0.4) is 0 Å². The van der Waals surface area contributed by atoms with Gasteiger partial charge in [0.1, 0.15) is 0 Å². The van der Waals surface area contributed by atoms with Crippen LogP contribution in [0.5, 0.6) is 0 Å². The molecule has 1 unspecified atom stereocenters. The van der Waals surface area contributed by atoms with Gasteiger partial charge in [-0.3, -0.25) is 4.79 Å². The second-order valence-electron chi connectivity index (χ2n) is 4.04. The third-order valence-electron chi connectivity index (χ3n) is 2.71. The van der Waals surface area contributed by atoms with Gasteiger partial charge in [0.2, 0.25) is 0 Å². The lowest BCUT2D eigenvalue weighted by Crippen LogP contribution is -2.23. The molecule has 1 aromatic carbocycles. The third kappa shape index (κ3) is 3.47. The van der Waals surface area contributed by atoms with Gasteiger partial charge >= 0.3 is 12.1 Å². The zero-order valence-electron chi connectivity index (χ0n) is 9.51. The average Bonchev–Trinajstić information content (AvgIpc) is 2.17. The summed E-state index contributed by atoms with van der Waals surface area (Å²) in [5, 5.41) is 8.53. The normalized spacial score (nSPS) is 13.5. The Hall–Kier alpha value is -1.52. The first-order valence-corrected chi connectivity index (χ1v) is 5.07. The van der Waals surface area contributed by atoms with E-state index in [9.17, 15) is 18.0 Å². The fraction of sp³-hybridized carbons (Fsp3) is 0.417. The summed E-state index contributed by atoms with van der Waals surface area (Å²) in [6.45, 7) is 3.49. The van der Waals surface area contributed by atoms with Crippen LogP contribution in [0.4, 0.5) is 13.2 Å². The molecule has 94 valence electrons. The minimum Gasteiger partial charge on any atom is -0.481 e. The molecule has 1 atom stereocenters. The highest BCUT2D eigenvalue weighted by atomic mass is 19.4. The highest BCUT2D eigenvalue weighted by Crippen LogP contribution is 2.37. The molecule has 0 saturated carbocycles. The van der Waals surface area contributed by atoms with Crippen molar-refractivity contribution in [2.75, 3.05) is 0 Å². The van der Waals surface area contributed by atoms with E-state index in [-0.39, 0.29) is 5.56 Å². The van der Waals surface area contributed by atoms with Gasteiger partial charge < -0.3 is 5.11 Å². The fourth-order valence-corrected chi connectivity index (χ4v) is 1.58. The van der Waals surface area contributed by atoms with Crippen molar-refractivity contribution >= 4 is 5.97 Å². The largest absolute Gasteiger partial charge is 0.481 e. The predicted molar refractivity (Wildman–Crippen MR) is 57.0 cm³/mol. The van der Waals surface area contributed by atoms with Gasteiger partial charge in [-0.15, -0.1) is 0 Å². The van der Waals surface area contributed by atoms with E-state index in [0.717, 1.165) is 11.1 Å². The SMILES string of the molecule is Cc1ccc(C(CC(=O)O)C(F)(F)F)cc1C. The van der Waals surface area contributed by atoms with Gasteiger partial charge in [-0.1, -0.05) is 18.2 Å². The van der Waals surface area contributed by atoms with Crippen molar-refractivity contribution in [3.63, 3.8) is 0 Å². The molecular weight excluding hydrogens is 233 g/mol. The van der Waals surface area contributed by atoms with Gasteiger partial charge in [0.15, 0.2) is 0 Å². The molecule has 0 aliphatic rings. The summed E-state index contributed by atoms with van der Waals surface area (Å²) in [7, 11) is 0. The Labute approximate surface area is 97.1 Å². The lowest BCUT2D eigenvalue weighted by molar-refractivity contribution is -0.163. The van der Waals surface area contributed by atoms with E-state index in [1.807, 2.05) is 0 Å². The first-order valence-electron chi connectivity index (χ1n) is 5.07. The molecule has 2 nitrogen and oxygen atoms in total. The van der Waals surface area contributed by atoms with Gasteiger partial charge in [0, 0.05) is 0 Å². The topological polar surface area (TPSA) is 37.3 Å². The second kappa shape index (κ2) is 4.77. The molecular formula is C12H13F3O2. The van der Waals surface area contributed by atoms with Crippen LogP contribution >= 0.6 is 0 Å². The molecule has 0 aliphatic carbocycles. The van der Waals surface area contributed by atoms with Crippen molar-refractivity contribution < 1.29 is 23.1 Å². The molecule has 17 heavy (non-hydrogen) atoms. The fourth-order valence-electron chi connectivity index (χ4n) is 1.58. The van der Waals surface area contributed by atoms with Crippen molar-refractivity contribution in [1.29, 1.82) is 0 Å². The number of benzene rings is 1. The summed E-state index contributed by atoms with van der Waals surface area (Å²) in [6, 6.07) is 4.31. The monoisotopic (exact) mass is 246 g/mol. The molecule has 0 heterocycles. The summed E-state index contributed by atoms with van der Waals surface area (Å²) in [5.74, 6) is -3.40. The number of carbonyl (C=O) groups is 1. The first-order chi connectivity index (χ1) is 7.71. The predicted octanol–water partition coefficient (Wildman–Crippen LogP) is 3.42. The second-order valence-corrected chi connectivity index (χ2v) is 4.04. The highest BCUT2D eigenvalue weighted by Gasteiger charge is 2.42. The Morgan fingerprint density at radius 1 is 1.29 bits per heavy atom. The number of aliphatic carboxylic acids is 1. The minimum atomic E-state index is -4.54. The van der Waals surface area contributed by atoms with Crippen LogP contribution < -0.4 is 0 Å². The zero-order chi connectivity index (χ0) is 13.2. The third-order valence-corrected chi connectivity index (χ3v) is 2.71. The molecule has 0 amide bonds. The van der Waals surface area contributed by atoms with E-state index in [0.29, 0.717) is 0 Å². The lowest BCUT2D eigenvalue weighted by atomic mass is 9.92. The molecule has 0 bridgehead atoms. The summed E-state index contributed by atoms with van der Waals surface area (Å²) >= 11 is 0. The number of hydrogen-bond acceptors (Lipinski definition) is 1. The molecule has 0 aliphatic heterocycles. The number of alkyl halides is 3. The average molecular weight is 246 g/mol. The van der Waals surface area contributed by atoms with Crippen LogP contribution in [0.2, 0.25) is 0 Å². The maximum Gasteiger partial charge on any atom is 0.396 e. The summed E-state index contributed by atoms with van der Waals surface area (Å²) in [6.07, 6.45) is -5.48. The lowest BCUT2D eigenvalue weighted by Gasteiger charge is -2.19. The molecule has 1 aromatic rings. The van der Waals surface area contributed by atoms with Crippen LogP contribution in [0, 0.1) is 13.8 Å². The van der Waals surface area contributed by atoms with E-state index in [1.54, 1.807) is 19.9 Å². The van der Waals surface area contributed by atoms with Gasteiger partial charge in [-0.25, -0.2) is 0 Å². The van der Waals surface area contributed by atoms with Crippen molar-refractivity contribution in [2.24, 2.45) is 0 Å². The van der Waals surface area contributed by atoms with Gasteiger partial charge in [-0.2, -0.15) is 13.2 Å². The molecule has 0 spiro atoms. The van der Waals surface area contributed by atoms with Crippen LogP contribution in [-0.4, -0.2) is 17.3 Å². The zero-order valence-corrected chi connectivity index (χ0v) is 9.51. The standard InChI is InChI=1S/C12H13F3O2/c1-7-3-4-9(5-8(7)2)10(6-11(16)17)12(13,14)15/h3-5,10H,6H2,1-2H3,(H,16,17). The van der Waals surface area contributed by atoms with Crippen LogP contribution in [-0.2, 0) is 4.79 Å². The Morgan fingerprint density at radius 3 is 2.29 bits per heavy atom. The molecule has 5 heteroatoms. The Balaban J connectivity index is 3.13. The molecule has 0 aromatic heterocycles. The molecule has 0 saturated heterocycles. The maximum atomic E-state index is 12.7. The highest BCUT2D eigenvalue weighted by molar-refractivity contribution is 5.68. The molecule has 1 rings (SSSR count). The Morgan fingerprint density at radius 2 is 1.88 bits per heavy atom. The Bertz CT molecular complexity index is 424. The van der Waals surface area contributed by atoms with Crippen LogP contribution in [0.15, 0.2) is 18.2 Å². The maximum absolute atomic E-state index is 12.7.